The molecule has 0 aromatic heterocycles. The fourth-order valence-electron chi connectivity index (χ4n) is 2.13. The molecule has 0 spiro atoms. The Morgan fingerprint density at radius 3 is 2.70 bits per heavy atom. The Morgan fingerprint density at radius 2 is 1.95 bits per heavy atom. The van der Waals surface area contributed by atoms with Crippen LogP contribution in [0.5, 0.6) is 5.75 Å². The first kappa shape index (κ1) is 14.3. The van der Waals surface area contributed by atoms with Crippen LogP contribution in [-0.4, -0.2) is 29.2 Å². The number of hydrogen-bond donors (Lipinski definition) is 2. The van der Waals surface area contributed by atoms with E-state index >= 15 is 0 Å². The summed E-state index contributed by atoms with van der Waals surface area (Å²) in [7, 11) is 0. The van der Waals surface area contributed by atoms with Crippen molar-refractivity contribution >= 4 is 16.5 Å². The highest BCUT2D eigenvalue weighted by molar-refractivity contribution is 6.06. The van der Waals surface area contributed by atoms with Crippen molar-refractivity contribution in [3.8, 4) is 5.75 Å². The second kappa shape index (κ2) is 6.91. The van der Waals surface area contributed by atoms with E-state index in [1.807, 2.05) is 36.4 Å². The molecule has 2 N–H and O–H groups in total. The lowest BCUT2D eigenvalue weighted by Gasteiger charge is -2.14. The van der Waals surface area contributed by atoms with Crippen molar-refractivity contribution in [2.75, 3.05) is 13.2 Å². The molecule has 2 rings (SSSR count). The van der Waals surface area contributed by atoms with Gasteiger partial charge in [0, 0.05) is 17.6 Å². The number of unbranched alkanes of at least 4 members (excludes halogenated alkanes) is 1. The Morgan fingerprint density at radius 1 is 1.15 bits per heavy atom. The highest BCUT2D eigenvalue weighted by Gasteiger charge is 2.11. The molecule has 20 heavy (non-hydrogen) atoms. The maximum Gasteiger partial charge on any atom is 0.136 e. The molecule has 0 bridgehead atoms. The summed E-state index contributed by atoms with van der Waals surface area (Å²) in [6.07, 6.45) is 1.50. The number of rotatable bonds is 6. The van der Waals surface area contributed by atoms with Crippen molar-refractivity contribution in [3.63, 3.8) is 0 Å². The van der Waals surface area contributed by atoms with Gasteiger partial charge in [-0.1, -0.05) is 35.5 Å². The van der Waals surface area contributed by atoms with Gasteiger partial charge in [-0.05, 0) is 31.2 Å². The fourth-order valence-corrected chi connectivity index (χ4v) is 2.13. The van der Waals surface area contributed by atoms with Gasteiger partial charge in [-0.15, -0.1) is 0 Å². The van der Waals surface area contributed by atoms with Gasteiger partial charge in [-0.25, -0.2) is 0 Å². The second-order valence-corrected chi connectivity index (χ2v) is 4.63. The molecule has 0 saturated heterocycles. The number of ether oxygens (including phenoxy) is 1. The lowest BCUT2D eigenvalue weighted by Crippen LogP contribution is -2.05. The second-order valence-electron chi connectivity index (χ2n) is 4.63. The first-order valence-electron chi connectivity index (χ1n) is 6.72. The summed E-state index contributed by atoms with van der Waals surface area (Å²) in [6.45, 7) is 2.44. The number of hydrogen-bond acceptors (Lipinski definition) is 4. The predicted octanol–water partition coefficient (Wildman–Crippen LogP) is 3.19. The Balaban J connectivity index is 2.39. The standard InChI is InChI=1S/C16H19NO3/c1-12(17-19)14-9-8-13-6-2-3-7-15(13)16(14)20-11-5-4-10-18/h2-3,6-9,18-19H,4-5,10-11H2,1H3. The highest BCUT2D eigenvalue weighted by atomic mass is 16.5. The van der Waals surface area contributed by atoms with Crippen molar-refractivity contribution < 1.29 is 15.1 Å². The third kappa shape index (κ3) is 3.08. The van der Waals surface area contributed by atoms with E-state index in [0.717, 1.165) is 28.5 Å². The average Bonchev–Trinajstić information content (AvgIpc) is 2.50. The Bertz CT molecular complexity index is 608. The van der Waals surface area contributed by atoms with Gasteiger partial charge in [0.1, 0.15) is 5.75 Å². The predicted molar refractivity (Wildman–Crippen MR) is 79.8 cm³/mol. The summed E-state index contributed by atoms with van der Waals surface area (Å²) in [5.74, 6) is 0.733. The Kier molecular flexibility index (Phi) is 4.96. The first-order chi connectivity index (χ1) is 9.77. The molecule has 4 heteroatoms. The molecule has 0 atom stereocenters. The van der Waals surface area contributed by atoms with E-state index in [1.54, 1.807) is 6.92 Å². The van der Waals surface area contributed by atoms with Crippen LogP contribution in [0.3, 0.4) is 0 Å². The van der Waals surface area contributed by atoms with E-state index in [4.69, 9.17) is 15.1 Å². The summed E-state index contributed by atoms with van der Waals surface area (Å²) >= 11 is 0. The minimum atomic E-state index is 0.170. The molecule has 0 aliphatic rings. The number of nitrogens with zero attached hydrogens (tertiary/aromatic N) is 1. The number of fused-ring (bicyclic) bond motifs is 1. The number of oxime groups is 1. The number of benzene rings is 2. The minimum absolute atomic E-state index is 0.170. The molecular weight excluding hydrogens is 254 g/mol. The van der Waals surface area contributed by atoms with E-state index in [1.165, 1.54) is 0 Å². The van der Waals surface area contributed by atoms with Crippen LogP contribution in [0.1, 0.15) is 25.3 Å². The van der Waals surface area contributed by atoms with Gasteiger partial charge in [0.05, 0.1) is 12.3 Å². The van der Waals surface area contributed by atoms with Gasteiger partial charge in [0.25, 0.3) is 0 Å². The topological polar surface area (TPSA) is 62.1 Å². The molecule has 0 saturated carbocycles. The van der Waals surface area contributed by atoms with Crippen molar-refractivity contribution in [1.29, 1.82) is 0 Å². The van der Waals surface area contributed by atoms with Crippen molar-refractivity contribution in [2.24, 2.45) is 5.16 Å². The lowest BCUT2D eigenvalue weighted by atomic mass is 10.0. The van der Waals surface area contributed by atoms with Crippen LogP contribution in [0, 0.1) is 0 Å². The summed E-state index contributed by atoms with van der Waals surface area (Å²) in [4.78, 5) is 0. The maximum atomic E-state index is 8.99. The number of aliphatic hydroxyl groups excluding tert-OH is 1. The molecule has 0 aliphatic heterocycles. The maximum absolute atomic E-state index is 8.99. The van der Waals surface area contributed by atoms with Gasteiger partial charge in [-0.2, -0.15) is 0 Å². The zero-order valence-corrected chi connectivity index (χ0v) is 11.5. The fraction of sp³-hybridized carbons (Fsp3) is 0.312. The van der Waals surface area contributed by atoms with Crippen LogP contribution in [0.2, 0.25) is 0 Å². The zero-order valence-electron chi connectivity index (χ0n) is 11.5. The molecule has 0 amide bonds. The van der Waals surface area contributed by atoms with E-state index < -0.39 is 0 Å². The summed E-state index contributed by atoms with van der Waals surface area (Å²) in [6, 6.07) is 11.8. The molecule has 0 heterocycles. The van der Waals surface area contributed by atoms with Crippen molar-refractivity contribution in [2.45, 2.75) is 19.8 Å². The third-order valence-electron chi connectivity index (χ3n) is 3.22. The molecular formula is C16H19NO3. The quantitative estimate of drug-likeness (QED) is 0.368. The summed E-state index contributed by atoms with van der Waals surface area (Å²) < 4.78 is 5.87. The largest absolute Gasteiger partial charge is 0.492 e. The zero-order chi connectivity index (χ0) is 14.4. The monoisotopic (exact) mass is 273 g/mol. The average molecular weight is 273 g/mol. The van der Waals surface area contributed by atoms with E-state index in [0.29, 0.717) is 18.7 Å². The normalized spacial score (nSPS) is 11.8. The van der Waals surface area contributed by atoms with Gasteiger partial charge in [-0.3, -0.25) is 0 Å². The van der Waals surface area contributed by atoms with Crippen molar-refractivity contribution in [3.05, 3.63) is 42.0 Å². The van der Waals surface area contributed by atoms with Crippen LogP contribution < -0.4 is 4.74 Å². The smallest absolute Gasteiger partial charge is 0.136 e. The van der Waals surface area contributed by atoms with E-state index in [9.17, 15) is 0 Å². The minimum Gasteiger partial charge on any atom is -0.492 e. The molecule has 0 unspecified atom stereocenters. The number of aliphatic hydroxyl groups is 1. The van der Waals surface area contributed by atoms with Gasteiger partial charge >= 0.3 is 0 Å². The van der Waals surface area contributed by atoms with Crippen LogP contribution >= 0.6 is 0 Å². The van der Waals surface area contributed by atoms with Crippen LogP contribution in [0.4, 0.5) is 0 Å². The van der Waals surface area contributed by atoms with Crippen LogP contribution in [0.25, 0.3) is 10.8 Å². The highest BCUT2D eigenvalue weighted by Crippen LogP contribution is 2.30. The first-order valence-corrected chi connectivity index (χ1v) is 6.72. The van der Waals surface area contributed by atoms with Gasteiger partial charge in [0.2, 0.25) is 0 Å². The van der Waals surface area contributed by atoms with Gasteiger partial charge < -0.3 is 15.1 Å². The molecule has 2 aromatic rings. The van der Waals surface area contributed by atoms with Gasteiger partial charge in [0.15, 0.2) is 0 Å². The van der Waals surface area contributed by atoms with E-state index in [-0.39, 0.29) is 6.61 Å². The summed E-state index contributed by atoms with van der Waals surface area (Å²) in [5, 5.41) is 23.1. The lowest BCUT2D eigenvalue weighted by molar-refractivity contribution is 0.254. The van der Waals surface area contributed by atoms with E-state index in [2.05, 4.69) is 5.16 Å². The molecule has 2 aromatic carbocycles. The molecule has 4 nitrogen and oxygen atoms in total. The molecule has 0 aliphatic carbocycles. The van der Waals surface area contributed by atoms with Crippen molar-refractivity contribution in [1.82, 2.24) is 0 Å². The molecule has 106 valence electrons. The summed E-state index contributed by atoms with van der Waals surface area (Å²) in [5.41, 5.74) is 1.31. The van der Waals surface area contributed by atoms with Crippen LogP contribution in [0.15, 0.2) is 41.6 Å². The third-order valence-corrected chi connectivity index (χ3v) is 3.22. The molecule has 0 radical (unpaired) electrons. The molecule has 0 fully saturated rings. The SMILES string of the molecule is CC(=NO)c1ccc2ccccc2c1OCCCCO. The Hall–Kier alpha value is -2.07. The Labute approximate surface area is 118 Å². The van der Waals surface area contributed by atoms with Crippen LogP contribution in [-0.2, 0) is 0 Å².